The fraction of sp³-hybridized carbons (Fsp3) is 0.273. The van der Waals surface area contributed by atoms with Crippen molar-refractivity contribution in [3.8, 4) is 17.6 Å². The lowest BCUT2D eigenvalue weighted by molar-refractivity contribution is -0.150. The van der Waals surface area contributed by atoms with Crippen molar-refractivity contribution in [2.45, 2.75) is 20.5 Å². The summed E-state index contributed by atoms with van der Waals surface area (Å²) in [6, 6.07) is 18.8. The zero-order chi connectivity index (χ0) is 20.4. The van der Waals surface area contributed by atoms with E-state index in [0.29, 0.717) is 11.5 Å². The zero-order valence-corrected chi connectivity index (χ0v) is 17.0. The first-order valence-electron chi connectivity index (χ1n) is 8.74. The molecular formula is C22H19Cl2NO3. The highest BCUT2D eigenvalue weighted by Gasteiger charge is 2.77. The molecule has 144 valence electrons. The number of nitrogens with zero attached hydrogens (tertiary/aromatic N) is 1. The summed E-state index contributed by atoms with van der Waals surface area (Å²) in [4.78, 5) is 12.7. The van der Waals surface area contributed by atoms with E-state index >= 15 is 0 Å². The third-order valence-corrected chi connectivity index (χ3v) is 5.47. The van der Waals surface area contributed by atoms with Gasteiger partial charge in [0.25, 0.3) is 0 Å². The molecule has 0 N–H and O–H groups in total. The highest BCUT2D eigenvalue weighted by Crippen LogP contribution is 2.70. The van der Waals surface area contributed by atoms with Crippen LogP contribution in [0.5, 0.6) is 11.5 Å². The summed E-state index contributed by atoms with van der Waals surface area (Å²) < 4.78 is 11.3. The molecule has 6 heteroatoms. The number of carbonyl (C=O) groups is 1. The number of hydrogen-bond donors (Lipinski definition) is 0. The molecule has 0 saturated heterocycles. The molecule has 2 atom stereocenters. The second-order valence-corrected chi connectivity index (χ2v) is 8.22. The predicted molar refractivity (Wildman–Crippen MR) is 108 cm³/mol. The number of esters is 1. The standard InChI is InChI=1S/C22H19Cl2NO3/c1-21(2)18(12-19(23)24)22(21,14-25)20(26)27-13-15-7-6-10-17(11-15)28-16-8-4-3-5-9-16/h3-12,18H,13H2,1-2H3/t18-,22+/m0/s1. The van der Waals surface area contributed by atoms with Crippen LogP contribution < -0.4 is 4.74 Å². The molecular weight excluding hydrogens is 397 g/mol. The summed E-state index contributed by atoms with van der Waals surface area (Å²) in [5, 5.41) is 9.67. The minimum atomic E-state index is -1.29. The predicted octanol–water partition coefficient (Wildman–Crippen LogP) is 6.01. The van der Waals surface area contributed by atoms with Crippen LogP contribution in [0.25, 0.3) is 0 Å². The van der Waals surface area contributed by atoms with Crippen molar-refractivity contribution in [2.75, 3.05) is 0 Å². The quantitative estimate of drug-likeness (QED) is 0.542. The van der Waals surface area contributed by atoms with Gasteiger partial charge in [0.1, 0.15) is 22.6 Å². The molecule has 3 rings (SSSR count). The van der Waals surface area contributed by atoms with Gasteiger partial charge >= 0.3 is 5.97 Å². The van der Waals surface area contributed by atoms with Crippen LogP contribution in [0.2, 0.25) is 0 Å². The van der Waals surface area contributed by atoms with Gasteiger partial charge in [-0.25, -0.2) is 0 Å². The number of para-hydroxylation sites is 1. The van der Waals surface area contributed by atoms with Crippen LogP contribution in [0.15, 0.2) is 65.2 Å². The second-order valence-electron chi connectivity index (χ2n) is 7.21. The molecule has 28 heavy (non-hydrogen) atoms. The van der Waals surface area contributed by atoms with Gasteiger partial charge in [0.15, 0.2) is 5.41 Å². The molecule has 0 aliphatic heterocycles. The SMILES string of the molecule is CC1(C)[C@H](C=C(Cl)Cl)[C@]1(C#N)C(=O)OCc1cccc(Oc2ccccc2)c1. The van der Waals surface area contributed by atoms with Crippen molar-refractivity contribution in [3.63, 3.8) is 0 Å². The molecule has 1 aliphatic carbocycles. The lowest BCUT2D eigenvalue weighted by atomic mass is 9.98. The van der Waals surface area contributed by atoms with Crippen LogP contribution in [0.4, 0.5) is 0 Å². The third-order valence-electron chi connectivity index (χ3n) is 5.22. The number of benzene rings is 2. The van der Waals surface area contributed by atoms with Crippen LogP contribution in [0, 0.1) is 28.1 Å². The van der Waals surface area contributed by atoms with Crippen molar-refractivity contribution < 1.29 is 14.3 Å². The third kappa shape index (κ3) is 3.73. The first kappa shape index (κ1) is 20.3. The van der Waals surface area contributed by atoms with Crippen molar-refractivity contribution in [1.29, 1.82) is 5.26 Å². The van der Waals surface area contributed by atoms with E-state index in [0.717, 1.165) is 5.56 Å². The van der Waals surface area contributed by atoms with Gasteiger partial charge < -0.3 is 9.47 Å². The van der Waals surface area contributed by atoms with Crippen LogP contribution in [-0.4, -0.2) is 5.97 Å². The number of allylic oxidation sites excluding steroid dienone is 1. The smallest absolute Gasteiger partial charge is 0.328 e. The fourth-order valence-corrected chi connectivity index (χ4v) is 3.75. The summed E-state index contributed by atoms with van der Waals surface area (Å²) in [5.41, 5.74) is -1.14. The first-order chi connectivity index (χ1) is 13.3. The Hall–Kier alpha value is -2.48. The normalized spacial score (nSPS) is 21.9. The van der Waals surface area contributed by atoms with Crippen LogP contribution in [-0.2, 0) is 16.1 Å². The molecule has 0 radical (unpaired) electrons. The molecule has 1 saturated carbocycles. The van der Waals surface area contributed by atoms with E-state index in [2.05, 4.69) is 6.07 Å². The largest absolute Gasteiger partial charge is 0.460 e. The Labute approximate surface area is 174 Å². The van der Waals surface area contributed by atoms with Gasteiger partial charge in [-0.15, -0.1) is 0 Å². The van der Waals surface area contributed by atoms with E-state index in [1.807, 2.05) is 62.4 Å². The van der Waals surface area contributed by atoms with E-state index in [9.17, 15) is 10.1 Å². The average molecular weight is 416 g/mol. The summed E-state index contributed by atoms with van der Waals surface area (Å²) in [5.74, 6) is 0.379. The molecule has 2 aromatic rings. The lowest BCUT2D eigenvalue weighted by Gasteiger charge is -2.12. The monoisotopic (exact) mass is 415 g/mol. The number of ether oxygens (including phenoxy) is 2. The van der Waals surface area contributed by atoms with Crippen molar-refractivity contribution in [1.82, 2.24) is 0 Å². The maximum absolute atomic E-state index is 12.7. The highest BCUT2D eigenvalue weighted by atomic mass is 35.5. The molecule has 0 unspecified atom stereocenters. The van der Waals surface area contributed by atoms with E-state index in [1.165, 1.54) is 6.08 Å². The summed E-state index contributed by atoms with van der Waals surface area (Å²) in [6.45, 7) is 3.68. The summed E-state index contributed by atoms with van der Waals surface area (Å²) >= 11 is 11.5. The minimum Gasteiger partial charge on any atom is -0.460 e. The number of rotatable bonds is 6. The minimum absolute atomic E-state index is 0.0359. The van der Waals surface area contributed by atoms with Gasteiger partial charge in [0.05, 0.1) is 6.07 Å². The maximum atomic E-state index is 12.7. The average Bonchev–Trinajstić information content (AvgIpc) is 3.14. The lowest BCUT2D eigenvalue weighted by Crippen LogP contribution is -2.23. The topological polar surface area (TPSA) is 59.3 Å². The highest BCUT2D eigenvalue weighted by molar-refractivity contribution is 6.55. The van der Waals surface area contributed by atoms with Crippen molar-refractivity contribution >= 4 is 29.2 Å². The molecule has 1 aliphatic rings. The molecule has 0 amide bonds. The van der Waals surface area contributed by atoms with Gasteiger partial charge in [0.2, 0.25) is 0 Å². The Balaban J connectivity index is 1.69. The van der Waals surface area contributed by atoms with Crippen LogP contribution >= 0.6 is 23.2 Å². The van der Waals surface area contributed by atoms with Crippen molar-refractivity contribution in [2.24, 2.45) is 16.7 Å². The van der Waals surface area contributed by atoms with Gasteiger partial charge in [-0.3, -0.25) is 4.79 Å². The molecule has 1 fully saturated rings. The fourth-order valence-electron chi connectivity index (χ4n) is 3.50. The Morgan fingerprint density at radius 3 is 2.46 bits per heavy atom. The van der Waals surface area contributed by atoms with Crippen LogP contribution in [0.3, 0.4) is 0 Å². The molecule has 0 spiro atoms. The summed E-state index contributed by atoms with van der Waals surface area (Å²) in [7, 11) is 0. The Bertz CT molecular complexity index is 946. The number of halogens is 2. The number of carbonyl (C=O) groups excluding carboxylic acids is 1. The molecule has 0 heterocycles. The number of hydrogen-bond acceptors (Lipinski definition) is 4. The Kier molecular flexibility index (Phi) is 5.69. The zero-order valence-electron chi connectivity index (χ0n) is 15.5. The van der Waals surface area contributed by atoms with Gasteiger partial charge in [-0.2, -0.15) is 5.26 Å². The molecule has 0 bridgehead atoms. The first-order valence-corrected chi connectivity index (χ1v) is 9.50. The van der Waals surface area contributed by atoms with Gasteiger partial charge in [-0.05, 0) is 35.9 Å². The van der Waals surface area contributed by atoms with E-state index < -0.39 is 22.7 Å². The maximum Gasteiger partial charge on any atom is 0.328 e. The Morgan fingerprint density at radius 2 is 1.82 bits per heavy atom. The molecule has 4 nitrogen and oxygen atoms in total. The summed E-state index contributed by atoms with van der Waals surface area (Å²) in [6.07, 6.45) is 1.53. The van der Waals surface area contributed by atoms with E-state index in [-0.39, 0.29) is 11.1 Å². The Morgan fingerprint density at radius 1 is 1.14 bits per heavy atom. The van der Waals surface area contributed by atoms with Crippen molar-refractivity contribution in [3.05, 3.63) is 70.7 Å². The molecule has 2 aromatic carbocycles. The van der Waals surface area contributed by atoms with Gasteiger partial charge in [-0.1, -0.05) is 67.4 Å². The van der Waals surface area contributed by atoms with Gasteiger partial charge in [0, 0.05) is 11.3 Å². The van der Waals surface area contributed by atoms with E-state index in [1.54, 1.807) is 6.07 Å². The van der Waals surface area contributed by atoms with Crippen LogP contribution in [0.1, 0.15) is 19.4 Å². The second kappa shape index (κ2) is 7.87. The number of nitriles is 1. The van der Waals surface area contributed by atoms with E-state index in [4.69, 9.17) is 32.7 Å². The molecule has 0 aromatic heterocycles.